The molecule has 17 nitrogen and oxygen atoms in total. The molecule has 2 aromatic heterocycles. The molecule has 0 aliphatic carbocycles. The molecule has 0 bridgehead atoms. The monoisotopic (exact) mass is 991 g/mol. The smallest absolute Gasteiger partial charge is 0.410 e. The summed E-state index contributed by atoms with van der Waals surface area (Å²) in [5.41, 5.74) is -0.0848. The minimum atomic E-state index is -3.41. The number of fused-ring (bicyclic) bond motifs is 2. The van der Waals surface area contributed by atoms with Gasteiger partial charge in [-0.15, -0.1) is 0 Å². The van der Waals surface area contributed by atoms with Crippen molar-refractivity contribution in [2.24, 2.45) is 0 Å². The van der Waals surface area contributed by atoms with E-state index in [0.717, 1.165) is 50.9 Å². The fourth-order valence-corrected chi connectivity index (χ4v) is 8.88. The third kappa shape index (κ3) is 11.4. The number of likely N-dealkylation sites (tertiary alicyclic amines) is 2. The average molecular weight is 992 g/mol. The number of ether oxygens (including phenoxy) is 1. The number of amides is 6. The number of aromatic amines is 1. The molecule has 4 heterocycles. The lowest BCUT2D eigenvalue weighted by molar-refractivity contribution is -0.139. The van der Waals surface area contributed by atoms with Crippen LogP contribution in [0.2, 0.25) is 0 Å². The Labute approximate surface area is 399 Å². The van der Waals surface area contributed by atoms with Gasteiger partial charge in [-0.25, -0.2) is 40.9 Å². The molecule has 0 unspecified atom stereocenters. The van der Waals surface area contributed by atoms with E-state index in [9.17, 15) is 42.7 Å². The quantitative estimate of drug-likeness (QED) is 0.0957. The number of hydrogen-bond acceptors (Lipinski definition) is 8. The van der Waals surface area contributed by atoms with Crippen LogP contribution >= 0.6 is 0 Å². The number of H-pyrrole nitrogens is 1. The molecule has 6 amide bonds. The Morgan fingerprint density at radius 3 is 1.89 bits per heavy atom. The summed E-state index contributed by atoms with van der Waals surface area (Å²) in [7, 11) is 2.49. The van der Waals surface area contributed by atoms with Gasteiger partial charge in [0.1, 0.15) is 41.4 Å². The largest absolute Gasteiger partial charge is 0.465 e. The molecule has 0 saturated carbocycles. The number of halogens is 6. The lowest BCUT2D eigenvalue weighted by Gasteiger charge is -2.31. The van der Waals surface area contributed by atoms with Crippen molar-refractivity contribution in [2.45, 2.75) is 141 Å². The number of carbonyl (C=O) groups excluding carboxylic acids is 5. The number of carbonyl (C=O) groups is 6. The summed E-state index contributed by atoms with van der Waals surface area (Å²) < 4.78 is 98.8. The van der Waals surface area contributed by atoms with Gasteiger partial charge in [0, 0.05) is 56.5 Å². The van der Waals surface area contributed by atoms with Crippen molar-refractivity contribution in [1.29, 1.82) is 0 Å². The van der Waals surface area contributed by atoms with E-state index >= 15 is 17.6 Å². The minimum absolute atomic E-state index is 0.0213. The molecule has 4 aromatic rings. The van der Waals surface area contributed by atoms with Crippen LogP contribution in [0.5, 0.6) is 0 Å². The van der Waals surface area contributed by atoms with Crippen LogP contribution in [0.15, 0.2) is 36.4 Å². The van der Waals surface area contributed by atoms with Crippen molar-refractivity contribution < 1.29 is 65.0 Å². The van der Waals surface area contributed by atoms with E-state index in [0.29, 0.717) is 5.39 Å². The van der Waals surface area contributed by atoms with Crippen LogP contribution in [0.1, 0.15) is 79.7 Å². The van der Waals surface area contributed by atoms with Crippen LogP contribution in [-0.4, -0.2) is 156 Å². The first-order valence-corrected chi connectivity index (χ1v) is 22.9. The second-order valence-electron chi connectivity index (χ2n) is 19.2. The van der Waals surface area contributed by atoms with Crippen molar-refractivity contribution in [3.05, 3.63) is 53.6 Å². The number of benzene rings is 2. The lowest BCUT2D eigenvalue weighted by Crippen LogP contribution is -2.55. The highest BCUT2D eigenvalue weighted by atomic mass is 19.3. The number of rotatable bonds is 15. The maximum absolute atomic E-state index is 15.6. The first-order chi connectivity index (χ1) is 32.5. The molecule has 2 aliphatic rings. The Balaban J connectivity index is 1.37. The van der Waals surface area contributed by atoms with Crippen molar-refractivity contribution in [3.8, 4) is 11.5 Å². The SMILES string of the molecule is CC[C@H](NC(=O)[C@H](C)N(C)C(=O)O)C(=O)N1CC(F)(F)C[C@H]1Cc1c(-c2nc3cc(F)ccc3n2C[C@@H]2CC(F)(F)CN2C(=O)[C@H](CC)NC(=O)[C@H](C)N(C)C(=O)OC(C)(C)C)[nH]c2cc(F)ccc12. The van der Waals surface area contributed by atoms with E-state index in [1.807, 2.05) is 0 Å². The molecule has 23 heteroatoms. The summed E-state index contributed by atoms with van der Waals surface area (Å²) in [6, 6.07) is -0.314. The first kappa shape index (κ1) is 52.8. The van der Waals surface area contributed by atoms with Gasteiger partial charge in [0.25, 0.3) is 11.8 Å². The molecule has 0 spiro atoms. The van der Waals surface area contributed by atoms with Crippen molar-refractivity contribution in [3.63, 3.8) is 0 Å². The third-order valence-electron chi connectivity index (χ3n) is 12.9. The van der Waals surface area contributed by atoms with E-state index in [1.54, 1.807) is 34.6 Å². The molecule has 6 atom stereocenters. The number of nitrogens with one attached hydrogen (secondary N) is 3. The van der Waals surface area contributed by atoms with Gasteiger partial charge in [0.2, 0.25) is 23.6 Å². The van der Waals surface area contributed by atoms with Gasteiger partial charge in [-0.3, -0.25) is 29.0 Å². The van der Waals surface area contributed by atoms with Crippen LogP contribution in [0.4, 0.5) is 35.9 Å². The van der Waals surface area contributed by atoms with Crippen molar-refractivity contribution in [1.82, 2.24) is 44.8 Å². The Kier molecular flexibility index (Phi) is 15.1. The van der Waals surface area contributed by atoms with Crippen molar-refractivity contribution >= 4 is 57.8 Å². The fraction of sp³-hybridized carbons (Fsp3) is 0.553. The molecular weight excluding hydrogens is 933 g/mol. The number of aromatic nitrogens is 3. The molecular formula is C47H59F6N9O8. The summed E-state index contributed by atoms with van der Waals surface area (Å²) >= 11 is 0. The summed E-state index contributed by atoms with van der Waals surface area (Å²) in [5, 5.41) is 14.8. The molecule has 0 radical (unpaired) electrons. The van der Waals surface area contributed by atoms with Gasteiger partial charge in [0.05, 0.1) is 35.9 Å². The van der Waals surface area contributed by atoms with Crippen LogP contribution in [-0.2, 0) is 36.9 Å². The third-order valence-corrected chi connectivity index (χ3v) is 12.9. The van der Waals surface area contributed by atoms with E-state index in [1.165, 1.54) is 37.6 Å². The predicted molar refractivity (Wildman–Crippen MR) is 244 cm³/mol. The number of nitrogens with zero attached hydrogens (tertiary/aromatic N) is 6. The van der Waals surface area contributed by atoms with Gasteiger partial charge < -0.3 is 39.8 Å². The van der Waals surface area contributed by atoms with Gasteiger partial charge >= 0.3 is 12.2 Å². The molecule has 2 fully saturated rings. The standard InChI is InChI=1S/C47H59F6N9O8/c1-10-32(56-39(63)24(3)58(8)43(67)68)41(65)61-22-46(50,51)19-28(61)18-31-30-14-12-26(48)16-34(30)54-37(31)38-55-35-17-27(49)13-15-36(35)60(38)21-29-20-47(52,53)23-62(29)42(66)33(11-2)57-40(64)25(4)59(9)44(69)70-45(5,6)7/h12-17,24-25,28-29,32-33,54H,10-11,18-23H2,1-9H3,(H,56,63)(H,57,64)(H,67,68)/t24-,25-,28+,29-,32-,33-/m0/s1. The van der Waals surface area contributed by atoms with Gasteiger partial charge in [-0.05, 0) is 89.8 Å². The number of carboxylic acid groups (broad SMARTS) is 1. The summed E-state index contributed by atoms with van der Waals surface area (Å²) in [6.07, 6.45) is -4.29. The first-order valence-electron chi connectivity index (χ1n) is 22.9. The van der Waals surface area contributed by atoms with E-state index in [4.69, 9.17) is 9.72 Å². The van der Waals surface area contributed by atoms with E-state index < -0.39 is 127 Å². The van der Waals surface area contributed by atoms with Crippen LogP contribution in [0, 0.1) is 11.6 Å². The summed E-state index contributed by atoms with van der Waals surface area (Å²) in [4.78, 5) is 90.6. The van der Waals surface area contributed by atoms with Crippen LogP contribution in [0.25, 0.3) is 33.5 Å². The lowest BCUT2D eigenvalue weighted by atomic mass is 9.99. The molecule has 4 N–H and O–H groups in total. The number of hydrogen-bond donors (Lipinski definition) is 4. The number of likely N-dealkylation sites (N-methyl/N-ethyl adjacent to an activating group) is 2. The molecule has 2 saturated heterocycles. The fourth-order valence-electron chi connectivity index (χ4n) is 8.88. The molecule has 2 aromatic carbocycles. The molecule has 2 aliphatic heterocycles. The Morgan fingerprint density at radius 2 is 1.34 bits per heavy atom. The second-order valence-corrected chi connectivity index (χ2v) is 19.2. The zero-order valence-corrected chi connectivity index (χ0v) is 40.3. The molecule has 6 rings (SSSR count). The molecule has 382 valence electrons. The van der Waals surface area contributed by atoms with Crippen LogP contribution < -0.4 is 10.6 Å². The number of imidazole rings is 1. The topological polar surface area (TPSA) is 203 Å². The highest BCUT2D eigenvalue weighted by molar-refractivity contribution is 5.94. The maximum atomic E-state index is 15.6. The Bertz CT molecular complexity index is 2670. The van der Waals surface area contributed by atoms with E-state index in [2.05, 4.69) is 15.6 Å². The Hall–Kier alpha value is -6.55. The molecule has 70 heavy (non-hydrogen) atoms. The Morgan fingerprint density at radius 1 is 0.829 bits per heavy atom. The second kappa shape index (κ2) is 20.1. The minimum Gasteiger partial charge on any atom is -0.465 e. The number of alkyl halides is 4. The van der Waals surface area contributed by atoms with E-state index in [-0.39, 0.29) is 59.4 Å². The predicted octanol–water partition coefficient (Wildman–Crippen LogP) is 6.52. The van der Waals surface area contributed by atoms with Crippen LogP contribution in [0.3, 0.4) is 0 Å². The average Bonchev–Trinajstić information content (AvgIpc) is 4.00. The zero-order chi connectivity index (χ0) is 51.9. The maximum Gasteiger partial charge on any atom is 0.410 e. The summed E-state index contributed by atoms with van der Waals surface area (Å²) in [6.45, 7) is 8.30. The van der Waals surface area contributed by atoms with Gasteiger partial charge in [0.15, 0.2) is 5.82 Å². The highest BCUT2D eigenvalue weighted by Gasteiger charge is 2.50. The normalized spacial score (nSPS) is 19.4. The van der Waals surface area contributed by atoms with Gasteiger partial charge in [-0.1, -0.05) is 13.8 Å². The summed E-state index contributed by atoms with van der Waals surface area (Å²) in [5.74, 6) is -11.5. The zero-order valence-electron chi connectivity index (χ0n) is 40.3. The van der Waals surface area contributed by atoms with Gasteiger partial charge in [-0.2, -0.15) is 0 Å². The van der Waals surface area contributed by atoms with Crippen molar-refractivity contribution in [2.75, 3.05) is 27.2 Å². The highest BCUT2D eigenvalue weighted by Crippen LogP contribution is 2.41.